The van der Waals surface area contributed by atoms with Gasteiger partial charge >= 0.3 is 0 Å². The first-order chi connectivity index (χ1) is 21.8. The molecule has 0 aliphatic heterocycles. The second-order valence-electron chi connectivity index (χ2n) is 11.9. The van der Waals surface area contributed by atoms with Crippen LogP contribution in [0.1, 0.15) is 0 Å². The van der Waals surface area contributed by atoms with E-state index < -0.39 is 0 Å². The molecule has 0 aliphatic rings. The molecule has 10 rings (SSSR count). The Balaban J connectivity index is 1.24. The highest BCUT2D eigenvalue weighted by Gasteiger charge is 2.19. The van der Waals surface area contributed by atoms with Crippen LogP contribution in [0.4, 0.5) is 17.1 Å². The Hall–Kier alpha value is -5.86. The molecule has 204 valence electrons. The van der Waals surface area contributed by atoms with Gasteiger partial charge in [-0.15, -0.1) is 0 Å². The maximum Gasteiger partial charge on any atom is 0.0620 e. The van der Waals surface area contributed by atoms with Crippen LogP contribution in [0.25, 0.3) is 70.4 Å². The lowest BCUT2D eigenvalue weighted by atomic mass is 10.0. The zero-order valence-corrected chi connectivity index (χ0v) is 23.9. The van der Waals surface area contributed by atoms with Crippen LogP contribution in [0.5, 0.6) is 0 Å². The lowest BCUT2D eigenvalue weighted by molar-refractivity contribution is 1.30. The van der Waals surface area contributed by atoms with E-state index in [1.807, 2.05) is 0 Å². The van der Waals surface area contributed by atoms with E-state index in [1.54, 1.807) is 0 Å². The number of nitrogens with zero attached hydrogens (tertiary/aromatic N) is 2. The van der Waals surface area contributed by atoms with E-state index in [-0.39, 0.29) is 0 Å². The summed E-state index contributed by atoms with van der Waals surface area (Å²) in [5, 5.41) is 12.7. The van der Waals surface area contributed by atoms with Crippen LogP contribution in [0.3, 0.4) is 0 Å². The van der Waals surface area contributed by atoms with Gasteiger partial charge in [0.05, 0.1) is 16.6 Å². The SMILES string of the molecule is c1ccc2cc(N(c3ccc4ccccc4c3)c3ccc4cc5c6cccc7c8ccccc8n(c5cc4c3)c76)ccc2c1. The summed E-state index contributed by atoms with van der Waals surface area (Å²) < 4.78 is 2.46. The van der Waals surface area contributed by atoms with Crippen LogP contribution in [-0.4, -0.2) is 4.40 Å². The molecule has 0 unspecified atom stereocenters. The van der Waals surface area contributed by atoms with Crippen molar-refractivity contribution in [3.05, 3.63) is 158 Å². The summed E-state index contributed by atoms with van der Waals surface area (Å²) >= 11 is 0. The van der Waals surface area contributed by atoms with Gasteiger partial charge in [-0.05, 0) is 86.9 Å². The number of benzene rings is 8. The first-order valence-corrected chi connectivity index (χ1v) is 15.2. The van der Waals surface area contributed by atoms with Crippen LogP contribution in [0.15, 0.2) is 158 Å². The van der Waals surface area contributed by atoms with E-state index in [0.717, 1.165) is 17.1 Å². The molecule has 0 N–H and O–H groups in total. The topological polar surface area (TPSA) is 7.65 Å². The zero-order valence-electron chi connectivity index (χ0n) is 23.9. The maximum atomic E-state index is 2.46. The largest absolute Gasteiger partial charge is 0.310 e. The van der Waals surface area contributed by atoms with E-state index in [9.17, 15) is 0 Å². The Morgan fingerprint density at radius 1 is 0.318 bits per heavy atom. The molecule has 2 heterocycles. The molecule has 10 aromatic rings. The predicted octanol–water partition coefficient (Wildman–Crippen LogP) is 11.8. The van der Waals surface area contributed by atoms with Crippen molar-refractivity contribution in [2.45, 2.75) is 0 Å². The first kappa shape index (κ1) is 23.7. The predicted molar refractivity (Wildman–Crippen MR) is 188 cm³/mol. The molecule has 0 radical (unpaired) electrons. The van der Waals surface area contributed by atoms with E-state index in [1.165, 1.54) is 70.4 Å². The van der Waals surface area contributed by atoms with Gasteiger partial charge < -0.3 is 9.30 Å². The molecule has 2 nitrogen and oxygen atoms in total. The van der Waals surface area contributed by atoms with Gasteiger partial charge in [-0.3, -0.25) is 0 Å². The second kappa shape index (κ2) is 8.82. The molecule has 8 aromatic carbocycles. The van der Waals surface area contributed by atoms with Gasteiger partial charge in [0.15, 0.2) is 0 Å². The van der Waals surface area contributed by atoms with Crippen LogP contribution >= 0.6 is 0 Å². The molecule has 2 aromatic heterocycles. The summed E-state index contributed by atoms with van der Waals surface area (Å²) in [4.78, 5) is 2.39. The highest BCUT2D eigenvalue weighted by molar-refractivity contribution is 6.24. The van der Waals surface area contributed by atoms with Gasteiger partial charge in [-0.25, -0.2) is 0 Å². The molecular weight excluding hydrogens is 532 g/mol. The second-order valence-corrected chi connectivity index (χ2v) is 11.9. The zero-order chi connectivity index (χ0) is 28.8. The summed E-state index contributed by atoms with van der Waals surface area (Å²) in [7, 11) is 0. The standard InChI is InChI=1S/C42H26N2/c1-3-10-29-22-33(19-16-27(29)8-1)43(34-20-17-28-9-2-4-11-30(28)23-34)35-21-18-31-25-39-38-14-7-13-37-36-12-5-6-15-40(36)44(42(37)38)41(39)26-32(31)24-35/h1-26H. The van der Waals surface area contributed by atoms with Crippen molar-refractivity contribution in [3.63, 3.8) is 0 Å². The van der Waals surface area contributed by atoms with Crippen molar-refractivity contribution < 1.29 is 0 Å². The highest BCUT2D eigenvalue weighted by Crippen LogP contribution is 2.42. The molecular formula is C42H26N2. The molecule has 0 amide bonds. The van der Waals surface area contributed by atoms with Crippen LogP contribution in [0.2, 0.25) is 0 Å². The fraction of sp³-hybridized carbons (Fsp3) is 0. The van der Waals surface area contributed by atoms with E-state index in [0.29, 0.717) is 0 Å². The smallest absolute Gasteiger partial charge is 0.0620 e. The lowest BCUT2D eigenvalue weighted by Crippen LogP contribution is -2.10. The first-order valence-electron chi connectivity index (χ1n) is 15.2. The Kier molecular flexibility index (Phi) is 4.75. The third-order valence-corrected chi connectivity index (χ3v) is 9.40. The maximum absolute atomic E-state index is 2.46. The normalized spacial score (nSPS) is 12.1. The van der Waals surface area contributed by atoms with Gasteiger partial charge in [-0.1, -0.05) is 103 Å². The molecule has 2 heteroatoms. The summed E-state index contributed by atoms with van der Waals surface area (Å²) in [6, 6.07) is 57.9. The van der Waals surface area contributed by atoms with E-state index in [2.05, 4.69) is 167 Å². The van der Waals surface area contributed by atoms with Gasteiger partial charge in [0, 0.05) is 38.6 Å². The lowest BCUT2D eigenvalue weighted by Gasteiger charge is -2.26. The van der Waals surface area contributed by atoms with Crippen molar-refractivity contribution in [1.29, 1.82) is 0 Å². The van der Waals surface area contributed by atoms with Crippen molar-refractivity contribution in [2.75, 3.05) is 4.90 Å². The van der Waals surface area contributed by atoms with Crippen LogP contribution < -0.4 is 4.90 Å². The summed E-state index contributed by atoms with van der Waals surface area (Å²) in [5.41, 5.74) is 7.26. The van der Waals surface area contributed by atoms with Crippen molar-refractivity contribution >= 4 is 87.5 Å². The molecule has 44 heavy (non-hydrogen) atoms. The van der Waals surface area contributed by atoms with Crippen LogP contribution in [-0.2, 0) is 0 Å². The quantitative estimate of drug-likeness (QED) is 0.209. The molecule has 0 saturated heterocycles. The number of aromatic nitrogens is 1. The van der Waals surface area contributed by atoms with E-state index in [4.69, 9.17) is 0 Å². The van der Waals surface area contributed by atoms with Crippen molar-refractivity contribution in [2.24, 2.45) is 0 Å². The number of fused-ring (bicyclic) bond motifs is 9. The average Bonchev–Trinajstić information content (AvgIpc) is 3.59. The Morgan fingerprint density at radius 3 is 1.50 bits per heavy atom. The molecule has 0 fully saturated rings. The number of anilines is 3. The monoisotopic (exact) mass is 558 g/mol. The summed E-state index contributed by atoms with van der Waals surface area (Å²) in [6.45, 7) is 0. The highest BCUT2D eigenvalue weighted by atomic mass is 15.1. The third-order valence-electron chi connectivity index (χ3n) is 9.40. The molecule has 0 spiro atoms. The summed E-state index contributed by atoms with van der Waals surface area (Å²) in [5.74, 6) is 0. The number of hydrogen-bond donors (Lipinski definition) is 0. The minimum absolute atomic E-state index is 1.14. The van der Waals surface area contributed by atoms with Gasteiger partial charge in [0.2, 0.25) is 0 Å². The minimum atomic E-state index is 1.14. The number of para-hydroxylation sites is 2. The Labute approximate surface area is 253 Å². The van der Waals surface area contributed by atoms with E-state index >= 15 is 0 Å². The number of hydrogen-bond acceptors (Lipinski definition) is 1. The van der Waals surface area contributed by atoms with Gasteiger partial charge in [-0.2, -0.15) is 0 Å². The molecule has 0 aliphatic carbocycles. The van der Waals surface area contributed by atoms with Crippen LogP contribution in [0, 0.1) is 0 Å². The third kappa shape index (κ3) is 3.31. The minimum Gasteiger partial charge on any atom is -0.310 e. The van der Waals surface area contributed by atoms with Gasteiger partial charge in [0.1, 0.15) is 0 Å². The van der Waals surface area contributed by atoms with Crippen molar-refractivity contribution in [1.82, 2.24) is 4.40 Å². The molecule has 0 atom stereocenters. The number of rotatable bonds is 3. The summed E-state index contributed by atoms with van der Waals surface area (Å²) in [6.07, 6.45) is 0. The molecule has 0 saturated carbocycles. The Bertz CT molecular complexity index is 2650. The average molecular weight is 559 g/mol. The molecule has 0 bridgehead atoms. The Morgan fingerprint density at radius 2 is 0.818 bits per heavy atom. The van der Waals surface area contributed by atoms with Gasteiger partial charge in [0.25, 0.3) is 0 Å². The fourth-order valence-electron chi connectivity index (χ4n) is 7.38. The van der Waals surface area contributed by atoms with Crippen molar-refractivity contribution in [3.8, 4) is 0 Å². The fourth-order valence-corrected chi connectivity index (χ4v) is 7.38.